The second-order valence-corrected chi connectivity index (χ2v) is 14.6. The lowest BCUT2D eigenvalue weighted by Crippen LogP contribution is -2.45. The number of amidine groups is 1. The third-order valence-electron chi connectivity index (χ3n) is 10.6. The zero-order valence-corrected chi connectivity index (χ0v) is 28.8. The fraction of sp³-hybridized carbons (Fsp3) is 0.0426. The van der Waals surface area contributed by atoms with Gasteiger partial charge in [0, 0.05) is 36.5 Å². The molecule has 1 aliphatic rings. The van der Waals surface area contributed by atoms with Crippen molar-refractivity contribution < 1.29 is 4.42 Å². The second-order valence-electron chi connectivity index (χ2n) is 13.6. The summed E-state index contributed by atoms with van der Waals surface area (Å²) in [6, 6.07) is 58.6. The summed E-state index contributed by atoms with van der Waals surface area (Å²) in [6.07, 6.45) is -0.469. The van der Waals surface area contributed by atoms with Gasteiger partial charge in [0.1, 0.15) is 29.3 Å². The van der Waals surface area contributed by atoms with Crippen LogP contribution in [0, 0.1) is 0 Å². The minimum absolute atomic E-state index is 0.170. The monoisotopic (exact) mass is 685 g/mol. The molecule has 0 aliphatic carbocycles. The molecule has 10 aromatic rings. The number of nitrogens with zero attached hydrogens (tertiary/aromatic N) is 1. The van der Waals surface area contributed by atoms with Gasteiger partial charge in [0.05, 0.1) is 0 Å². The molecule has 0 saturated carbocycles. The van der Waals surface area contributed by atoms with Gasteiger partial charge in [0.2, 0.25) is 0 Å². The van der Waals surface area contributed by atoms with Crippen molar-refractivity contribution in [3.05, 3.63) is 180 Å². The van der Waals surface area contributed by atoms with E-state index in [-0.39, 0.29) is 12.3 Å². The van der Waals surface area contributed by atoms with Crippen LogP contribution in [0.15, 0.2) is 173 Å². The van der Waals surface area contributed by atoms with E-state index in [2.05, 4.69) is 162 Å². The summed E-state index contributed by atoms with van der Waals surface area (Å²) in [5.41, 5.74) is 7.52. The van der Waals surface area contributed by atoms with E-state index in [4.69, 9.17) is 9.41 Å². The van der Waals surface area contributed by atoms with E-state index < -0.39 is 0 Å². The van der Waals surface area contributed by atoms with Gasteiger partial charge < -0.3 is 9.73 Å². The van der Waals surface area contributed by atoms with Gasteiger partial charge in [0.25, 0.3) is 0 Å². The lowest BCUT2D eigenvalue weighted by atomic mass is 9.92. The standard InChI is InChI=1S/C47H31N3OS/c1-2-11-29-26-30(23-22-28(29)10-1)45-48-46(31-24-25-43-39(27-31)35-12-4-6-21-42(35)52-43)50-47(49-45)37-18-8-14-32-33(15-7-16-34(32)37)36-17-9-20-41-44(36)38-13-3-5-19-40(38)51-41/h1-27,46-47,50H,(H,48,49). The third kappa shape index (κ3) is 4.67. The molecule has 2 unspecified atom stereocenters. The number of hydrogen-bond donors (Lipinski definition) is 2. The molecule has 246 valence electrons. The van der Waals surface area contributed by atoms with E-state index in [1.807, 2.05) is 23.5 Å². The molecule has 0 bridgehead atoms. The summed E-state index contributed by atoms with van der Waals surface area (Å²) in [5.74, 6) is 0.873. The topological polar surface area (TPSA) is 49.6 Å². The van der Waals surface area contributed by atoms with Crippen molar-refractivity contribution in [1.82, 2.24) is 10.6 Å². The van der Waals surface area contributed by atoms with Crippen LogP contribution >= 0.6 is 11.3 Å². The van der Waals surface area contributed by atoms with Crippen LogP contribution in [0.3, 0.4) is 0 Å². The summed E-state index contributed by atoms with van der Waals surface area (Å²) in [6.45, 7) is 0. The summed E-state index contributed by atoms with van der Waals surface area (Å²) in [5, 5.41) is 17.3. The summed E-state index contributed by atoms with van der Waals surface area (Å²) in [7, 11) is 0. The van der Waals surface area contributed by atoms with Crippen molar-refractivity contribution in [2.45, 2.75) is 12.3 Å². The molecule has 52 heavy (non-hydrogen) atoms. The zero-order valence-electron chi connectivity index (χ0n) is 28.0. The van der Waals surface area contributed by atoms with E-state index in [9.17, 15) is 0 Å². The van der Waals surface area contributed by atoms with Crippen LogP contribution in [0.2, 0.25) is 0 Å². The molecule has 2 atom stereocenters. The Labute approximate surface area is 303 Å². The molecule has 5 heteroatoms. The van der Waals surface area contributed by atoms with Gasteiger partial charge in [-0.05, 0) is 80.2 Å². The van der Waals surface area contributed by atoms with E-state index in [0.717, 1.165) is 44.5 Å². The Morgan fingerprint density at radius 3 is 2.21 bits per heavy atom. The Morgan fingerprint density at radius 2 is 1.25 bits per heavy atom. The highest BCUT2D eigenvalue weighted by Crippen LogP contribution is 2.41. The summed E-state index contributed by atoms with van der Waals surface area (Å²) >= 11 is 1.85. The fourth-order valence-corrected chi connectivity index (χ4v) is 9.19. The number of thiophene rings is 1. The van der Waals surface area contributed by atoms with Gasteiger partial charge in [-0.3, -0.25) is 5.32 Å². The lowest BCUT2D eigenvalue weighted by molar-refractivity contribution is 0.411. The number of furan rings is 1. The van der Waals surface area contributed by atoms with Crippen molar-refractivity contribution in [2.75, 3.05) is 0 Å². The van der Waals surface area contributed by atoms with Gasteiger partial charge >= 0.3 is 0 Å². The van der Waals surface area contributed by atoms with E-state index >= 15 is 0 Å². The fourth-order valence-electron chi connectivity index (χ4n) is 8.10. The number of benzene rings is 8. The molecule has 2 aromatic heterocycles. The molecule has 0 fully saturated rings. The molecule has 1 aliphatic heterocycles. The van der Waals surface area contributed by atoms with E-state index in [1.54, 1.807) is 0 Å². The molecule has 0 amide bonds. The maximum atomic E-state index is 6.29. The smallest absolute Gasteiger partial charge is 0.136 e. The minimum atomic E-state index is -0.299. The highest BCUT2D eigenvalue weighted by molar-refractivity contribution is 7.25. The maximum absolute atomic E-state index is 6.29. The van der Waals surface area contributed by atoms with Crippen molar-refractivity contribution in [2.24, 2.45) is 4.99 Å². The first-order valence-corrected chi connectivity index (χ1v) is 18.5. The molecule has 0 radical (unpaired) electrons. The van der Waals surface area contributed by atoms with Gasteiger partial charge in [-0.25, -0.2) is 4.99 Å². The van der Waals surface area contributed by atoms with E-state index in [0.29, 0.717) is 0 Å². The van der Waals surface area contributed by atoms with Crippen molar-refractivity contribution in [1.29, 1.82) is 0 Å². The largest absolute Gasteiger partial charge is 0.456 e. The number of fused-ring (bicyclic) bond motifs is 8. The molecule has 8 aromatic carbocycles. The van der Waals surface area contributed by atoms with Crippen LogP contribution in [-0.2, 0) is 0 Å². The Kier molecular flexibility index (Phi) is 6.59. The number of nitrogens with one attached hydrogen (secondary N) is 2. The quantitative estimate of drug-likeness (QED) is 0.194. The molecule has 2 N–H and O–H groups in total. The van der Waals surface area contributed by atoms with Gasteiger partial charge in [-0.2, -0.15) is 0 Å². The SMILES string of the molecule is c1ccc2cc(C3=NC(c4cccc5c(-c6cccc7oc8ccccc8c67)cccc45)NC(c4ccc5sc6ccccc6c5c4)N3)ccc2c1. The molecule has 11 rings (SSSR count). The normalized spacial score (nSPS) is 16.3. The summed E-state index contributed by atoms with van der Waals surface area (Å²) in [4.78, 5) is 5.42. The van der Waals surface area contributed by atoms with Crippen LogP contribution in [-0.4, -0.2) is 5.84 Å². The lowest BCUT2D eigenvalue weighted by Gasteiger charge is -2.33. The minimum Gasteiger partial charge on any atom is -0.456 e. The van der Waals surface area contributed by atoms with Crippen molar-refractivity contribution >= 4 is 80.8 Å². The number of aliphatic imine (C=N–C) groups is 1. The molecular weight excluding hydrogens is 655 g/mol. The van der Waals surface area contributed by atoms with Crippen LogP contribution in [0.1, 0.15) is 29.0 Å². The number of rotatable bonds is 4. The molecule has 0 spiro atoms. The Hall–Kier alpha value is -6.27. The van der Waals surface area contributed by atoms with Crippen LogP contribution < -0.4 is 10.6 Å². The van der Waals surface area contributed by atoms with Crippen molar-refractivity contribution in [3.63, 3.8) is 0 Å². The van der Waals surface area contributed by atoms with Crippen LogP contribution in [0.5, 0.6) is 0 Å². The predicted octanol–water partition coefficient (Wildman–Crippen LogP) is 12.3. The van der Waals surface area contributed by atoms with Crippen LogP contribution in [0.4, 0.5) is 0 Å². The maximum Gasteiger partial charge on any atom is 0.136 e. The van der Waals surface area contributed by atoms with Gasteiger partial charge in [0.15, 0.2) is 0 Å². The first-order valence-electron chi connectivity index (χ1n) is 17.7. The van der Waals surface area contributed by atoms with E-state index in [1.165, 1.54) is 52.8 Å². The first kappa shape index (κ1) is 29.5. The summed E-state index contributed by atoms with van der Waals surface area (Å²) < 4.78 is 8.89. The molecule has 0 saturated heterocycles. The second kappa shape index (κ2) is 11.6. The third-order valence-corrected chi connectivity index (χ3v) is 11.7. The Bertz CT molecular complexity index is 3060. The zero-order chi connectivity index (χ0) is 34.2. The number of hydrogen-bond acceptors (Lipinski definition) is 5. The predicted molar refractivity (Wildman–Crippen MR) is 218 cm³/mol. The van der Waals surface area contributed by atoms with Gasteiger partial charge in [-0.1, -0.05) is 127 Å². The Balaban J connectivity index is 1.08. The van der Waals surface area contributed by atoms with Crippen LogP contribution in [0.25, 0.3) is 74.8 Å². The first-order chi connectivity index (χ1) is 25.7. The molecular formula is C47H31N3OS. The number of para-hydroxylation sites is 1. The average molecular weight is 686 g/mol. The highest BCUT2D eigenvalue weighted by Gasteiger charge is 2.27. The van der Waals surface area contributed by atoms with Gasteiger partial charge in [-0.15, -0.1) is 11.3 Å². The average Bonchev–Trinajstić information content (AvgIpc) is 3.78. The Morgan fingerprint density at radius 1 is 0.519 bits per heavy atom. The van der Waals surface area contributed by atoms with Crippen molar-refractivity contribution in [3.8, 4) is 11.1 Å². The molecule has 4 nitrogen and oxygen atoms in total. The highest BCUT2D eigenvalue weighted by atomic mass is 32.1. The molecule has 3 heterocycles.